The lowest BCUT2D eigenvalue weighted by Gasteiger charge is -2.08. The van der Waals surface area contributed by atoms with E-state index in [0.29, 0.717) is 5.75 Å². The zero-order valence-corrected chi connectivity index (χ0v) is 7.49. The summed E-state index contributed by atoms with van der Waals surface area (Å²) in [5.41, 5.74) is 0.770. The summed E-state index contributed by atoms with van der Waals surface area (Å²) in [6.45, 7) is 0.907. The first-order chi connectivity index (χ1) is 5.70. The minimum absolute atomic E-state index is 0.291. The van der Waals surface area contributed by atoms with Crippen LogP contribution in [0.25, 0.3) is 0 Å². The van der Waals surface area contributed by atoms with Gasteiger partial charge in [0.1, 0.15) is 5.75 Å². The van der Waals surface area contributed by atoms with Crippen molar-refractivity contribution in [2.75, 3.05) is 20.6 Å². The van der Waals surface area contributed by atoms with E-state index < -0.39 is 0 Å². The molecule has 1 rings (SSSR count). The fourth-order valence-corrected chi connectivity index (χ4v) is 0.952. The van der Waals surface area contributed by atoms with Gasteiger partial charge in [-0.15, -0.1) is 0 Å². The van der Waals surface area contributed by atoms with Crippen LogP contribution in [0.15, 0.2) is 18.3 Å². The molecule has 3 heteroatoms. The third kappa shape index (κ3) is 2.51. The Morgan fingerprint density at radius 2 is 2.25 bits per heavy atom. The highest BCUT2D eigenvalue weighted by Gasteiger charge is 2.00. The second-order valence-electron chi connectivity index (χ2n) is 3.02. The van der Waals surface area contributed by atoms with Crippen molar-refractivity contribution in [2.45, 2.75) is 6.42 Å². The van der Waals surface area contributed by atoms with Gasteiger partial charge in [0.2, 0.25) is 0 Å². The Kier molecular flexibility index (Phi) is 3.05. The van der Waals surface area contributed by atoms with E-state index in [4.69, 9.17) is 0 Å². The first-order valence-electron chi connectivity index (χ1n) is 3.97. The molecule has 0 saturated carbocycles. The van der Waals surface area contributed by atoms with Crippen LogP contribution in [0.2, 0.25) is 0 Å². The number of likely N-dealkylation sites (N-methyl/N-ethyl adjacent to an activating group) is 1. The Bertz CT molecular complexity index is 248. The summed E-state index contributed by atoms with van der Waals surface area (Å²) in [5, 5.41) is 9.34. The summed E-state index contributed by atoms with van der Waals surface area (Å²) < 4.78 is 0. The largest absolute Gasteiger partial charge is 0.506 e. The number of hydrogen-bond acceptors (Lipinski definition) is 3. The highest BCUT2D eigenvalue weighted by Crippen LogP contribution is 2.12. The first-order valence-corrected chi connectivity index (χ1v) is 3.97. The zero-order valence-electron chi connectivity index (χ0n) is 7.49. The minimum Gasteiger partial charge on any atom is -0.506 e. The molecule has 0 aliphatic rings. The predicted molar refractivity (Wildman–Crippen MR) is 48.2 cm³/mol. The molecule has 0 saturated heterocycles. The van der Waals surface area contributed by atoms with Crippen LogP contribution < -0.4 is 0 Å². The smallest absolute Gasteiger partial charge is 0.137 e. The maximum Gasteiger partial charge on any atom is 0.137 e. The normalized spacial score (nSPS) is 10.6. The number of pyridine rings is 1. The van der Waals surface area contributed by atoms with Gasteiger partial charge in [-0.2, -0.15) is 0 Å². The van der Waals surface area contributed by atoms with E-state index >= 15 is 0 Å². The van der Waals surface area contributed by atoms with E-state index in [1.165, 1.54) is 0 Å². The molecule has 1 N–H and O–H groups in total. The van der Waals surface area contributed by atoms with Crippen molar-refractivity contribution in [3.05, 3.63) is 24.0 Å². The molecule has 0 unspecified atom stereocenters. The van der Waals surface area contributed by atoms with Crippen LogP contribution in [0.1, 0.15) is 5.69 Å². The van der Waals surface area contributed by atoms with Gasteiger partial charge in [-0.3, -0.25) is 4.98 Å². The molecule has 0 amide bonds. The van der Waals surface area contributed by atoms with Crippen molar-refractivity contribution in [3.8, 4) is 5.75 Å². The first kappa shape index (κ1) is 9.00. The average molecular weight is 166 g/mol. The van der Waals surface area contributed by atoms with E-state index in [2.05, 4.69) is 9.88 Å². The minimum atomic E-state index is 0.291. The molecule has 0 bridgehead atoms. The van der Waals surface area contributed by atoms with Gasteiger partial charge in [-0.05, 0) is 26.2 Å². The topological polar surface area (TPSA) is 36.4 Å². The molecule has 12 heavy (non-hydrogen) atoms. The van der Waals surface area contributed by atoms with Crippen molar-refractivity contribution in [3.63, 3.8) is 0 Å². The SMILES string of the molecule is CN(C)CCc1ncccc1O. The summed E-state index contributed by atoms with van der Waals surface area (Å²) in [7, 11) is 4.00. The number of hydrogen-bond donors (Lipinski definition) is 1. The van der Waals surface area contributed by atoms with Crippen LogP contribution in [-0.4, -0.2) is 35.6 Å². The van der Waals surface area contributed by atoms with Gasteiger partial charge in [0, 0.05) is 19.2 Å². The van der Waals surface area contributed by atoms with Gasteiger partial charge in [0.05, 0.1) is 5.69 Å². The van der Waals surface area contributed by atoms with E-state index in [0.717, 1.165) is 18.7 Å². The Balaban J connectivity index is 2.57. The van der Waals surface area contributed by atoms with E-state index in [9.17, 15) is 5.11 Å². The Morgan fingerprint density at radius 1 is 1.50 bits per heavy atom. The molecule has 66 valence electrons. The van der Waals surface area contributed by atoms with Crippen molar-refractivity contribution in [2.24, 2.45) is 0 Å². The molecular weight excluding hydrogens is 152 g/mol. The molecule has 0 fully saturated rings. The monoisotopic (exact) mass is 166 g/mol. The van der Waals surface area contributed by atoms with E-state index in [1.54, 1.807) is 18.3 Å². The standard InChI is InChI=1S/C9H14N2O/c1-11(2)7-5-8-9(12)4-3-6-10-8/h3-4,6,12H,5,7H2,1-2H3. The number of aromatic hydroxyl groups is 1. The number of rotatable bonds is 3. The summed E-state index contributed by atoms with van der Waals surface area (Å²) >= 11 is 0. The van der Waals surface area contributed by atoms with Gasteiger partial charge in [-0.1, -0.05) is 0 Å². The third-order valence-electron chi connectivity index (χ3n) is 1.66. The molecule has 1 aromatic rings. The average Bonchev–Trinajstić information content (AvgIpc) is 2.03. The lowest BCUT2D eigenvalue weighted by atomic mass is 10.2. The molecule has 3 nitrogen and oxygen atoms in total. The van der Waals surface area contributed by atoms with Crippen LogP contribution >= 0.6 is 0 Å². The fraction of sp³-hybridized carbons (Fsp3) is 0.444. The zero-order chi connectivity index (χ0) is 8.97. The van der Waals surface area contributed by atoms with Crippen molar-refractivity contribution >= 4 is 0 Å². The quantitative estimate of drug-likeness (QED) is 0.724. The van der Waals surface area contributed by atoms with E-state index in [-0.39, 0.29) is 0 Å². The summed E-state index contributed by atoms with van der Waals surface area (Å²) in [6, 6.07) is 3.40. The fourth-order valence-electron chi connectivity index (χ4n) is 0.952. The second-order valence-corrected chi connectivity index (χ2v) is 3.02. The molecule has 0 radical (unpaired) electrons. The summed E-state index contributed by atoms with van der Waals surface area (Å²) in [6.07, 6.45) is 2.49. The molecule has 0 aliphatic carbocycles. The van der Waals surface area contributed by atoms with Crippen molar-refractivity contribution in [1.82, 2.24) is 9.88 Å². The molecule has 0 spiro atoms. The third-order valence-corrected chi connectivity index (χ3v) is 1.66. The Labute approximate surface area is 72.7 Å². The predicted octanol–water partition coefficient (Wildman–Crippen LogP) is 0.891. The number of nitrogens with zero attached hydrogens (tertiary/aromatic N) is 2. The maximum atomic E-state index is 9.34. The van der Waals surface area contributed by atoms with Crippen molar-refractivity contribution in [1.29, 1.82) is 0 Å². The van der Waals surface area contributed by atoms with Gasteiger partial charge in [0.25, 0.3) is 0 Å². The lowest BCUT2D eigenvalue weighted by molar-refractivity contribution is 0.403. The molecule has 0 aliphatic heterocycles. The summed E-state index contributed by atoms with van der Waals surface area (Å²) in [5.74, 6) is 0.291. The Morgan fingerprint density at radius 3 is 2.83 bits per heavy atom. The van der Waals surface area contributed by atoms with Crippen LogP contribution in [0.3, 0.4) is 0 Å². The molecule has 0 aromatic carbocycles. The van der Waals surface area contributed by atoms with Crippen LogP contribution in [0, 0.1) is 0 Å². The van der Waals surface area contributed by atoms with Crippen LogP contribution in [0.4, 0.5) is 0 Å². The highest BCUT2D eigenvalue weighted by atomic mass is 16.3. The molecule has 1 heterocycles. The van der Waals surface area contributed by atoms with Gasteiger partial charge >= 0.3 is 0 Å². The van der Waals surface area contributed by atoms with Gasteiger partial charge in [0.15, 0.2) is 0 Å². The lowest BCUT2D eigenvalue weighted by Crippen LogP contribution is -2.15. The molecule has 1 aromatic heterocycles. The Hall–Kier alpha value is -1.09. The van der Waals surface area contributed by atoms with Crippen LogP contribution in [0.5, 0.6) is 5.75 Å². The maximum absolute atomic E-state index is 9.34. The number of aromatic nitrogens is 1. The van der Waals surface area contributed by atoms with Crippen molar-refractivity contribution < 1.29 is 5.11 Å². The van der Waals surface area contributed by atoms with Crippen LogP contribution in [-0.2, 0) is 6.42 Å². The van der Waals surface area contributed by atoms with Gasteiger partial charge in [-0.25, -0.2) is 0 Å². The van der Waals surface area contributed by atoms with E-state index in [1.807, 2.05) is 14.1 Å². The molecular formula is C9H14N2O. The summed E-state index contributed by atoms with van der Waals surface area (Å²) in [4.78, 5) is 6.14. The molecule has 0 atom stereocenters. The highest BCUT2D eigenvalue weighted by molar-refractivity contribution is 5.24. The van der Waals surface area contributed by atoms with Gasteiger partial charge < -0.3 is 10.0 Å². The second kappa shape index (κ2) is 4.07.